The van der Waals surface area contributed by atoms with Gasteiger partial charge < -0.3 is 5.32 Å². The fraction of sp³-hybridized carbons (Fsp3) is 0.0500. The van der Waals surface area contributed by atoms with Crippen LogP contribution in [0.1, 0.15) is 15.9 Å². The highest BCUT2D eigenvalue weighted by Crippen LogP contribution is 2.20. The lowest BCUT2D eigenvalue weighted by molar-refractivity contribution is 0.102. The maximum absolute atomic E-state index is 12.5. The molecule has 0 unspecified atom stereocenters. The molecular formula is C20H15ClN4O. The predicted molar refractivity (Wildman–Crippen MR) is 103 cm³/mol. The molecule has 0 saturated carbocycles. The molecule has 1 heterocycles. The summed E-state index contributed by atoms with van der Waals surface area (Å²) in [6.45, 7) is 1.91. The Hall–Kier alpha value is -3.18. The molecule has 1 aromatic heterocycles. The topological polar surface area (TPSA) is 59.8 Å². The fourth-order valence-corrected chi connectivity index (χ4v) is 2.92. The minimum Gasteiger partial charge on any atom is -0.322 e. The molecule has 0 fully saturated rings. The van der Waals surface area contributed by atoms with Crippen molar-refractivity contribution in [3.63, 3.8) is 0 Å². The van der Waals surface area contributed by atoms with Crippen LogP contribution >= 0.6 is 11.6 Å². The van der Waals surface area contributed by atoms with Gasteiger partial charge in [0.2, 0.25) is 0 Å². The molecule has 26 heavy (non-hydrogen) atoms. The second-order valence-corrected chi connectivity index (χ2v) is 6.38. The van der Waals surface area contributed by atoms with Crippen LogP contribution in [0.4, 0.5) is 5.69 Å². The summed E-state index contributed by atoms with van der Waals surface area (Å²) in [5, 5.41) is 12.5. The van der Waals surface area contributed by atoms with Crippen LogP contribution in [0.15, 0.2) is 66.7 Å². The Morgan fingerprint density at radius 1 is 0.962 bits per heavy atom. The summed E-state index contributed by atoms with van der Waals surface area (Å²) in [6.07, 6.45) is 0. The fourth-order valence-electron chi connectivity index (χ4n) is 2.73. The van der Waals surface area contributed by atoms with Crippen LogP contribution in [0.25, 0.3) is 16.7 Å². The summed E-state index contributed by atoms with van der Waals surface area (Å²) >= 11 is 6.03. The summed E-state index contributed by atoms with van der Waals surface area (Å²) in [4.78, 5) is 14.0. The highest BCUT2D eigenvalue weighted by atomic mass is 35.5. The Labute approximate surface area is 155 Å². The van der Waals surface area contributed by atoms with E-state index in [1.807, 2.05) is 49.4 Å². The van der Waals surface area contributed by atoms with Gasteiger partial charge in [0, 0.05) is 16.3 Å². The molecular weight excluding hydrogens is 348 g/mol. The van der Waals surface area contributed by atoms with Crippen molar-refractivity contribution in [1.29, 1.82) is 0 Å². The molecule has 0 aliphatic carbocycles. The number of benzene rings is 3. The standard InChI is InChI=1S/C20H15ClN4O/c1-13-5-2-3-8-17(13)20(26)22-15-9-10-18-19(12-15)24-25(23-18)16-7-4-6-14(21)11-16/h2-12H,1H3,(H,22,26). The molecule has 4 rings (SSSR count). The Bertz CT molecular complexity index is 1120. The minimum absolute atomic E-state index is 0.148. The molecule has 1 amide bonds. The first-order valence-electron chi connectivity index (χ1n) is 8.10. The third-order valence-electron chi connectivity index (χ3n) is 4.07. The number of hydrogen-bond acceptors (Lipinski definition) is 3. The smallest absolute Gasteiger partial charge is 0.255 e. The van der Waals surface area contributed by atoms with Crippen LogP contribution in [-0.4, -0.2) is 20.9 Å². The third kappa shape index (κ3) is 3.17. The lowest BCUT2D eigenvalue weighted by Gasteiger charge is -2.07. The van der Waals surface area contributed by atoms with E-state index >= 15 is 0 Å². The zero-order valence-electron chi connectivity index (χ0n) is 14.0. The van der Waals surface area contributed by atoms with E-state index in [-0.39, 0.29) is 5.91 Å². The monoisotopic (exact) mass is 362 g/mol. The first-order chi connectivity index (χ1) is 12.6. The van der Waals surface area contributed by atoms with Gasteiger partial charge in [0.05, 0.1) is 5.69 Å². The molecule has 0 bridgehead atoms. The van der Waals surface area contributed by atoms with Crippen LogP contribution < -0.4 is 5.32 Å². The first kappa shape index (κ1) is 16.3. The van der Waals surface area contributed by atoms with Gasteiger partial charge in [-0.2, -0.15) is 4.80 Å². The number of halogens is 1. The molecule has 128 valence electrons. The van der Waals surface area contributed by atoms with Crippen LogP contribution in [0, 0.1) is 6.92 Å². The van der Waals surface area contributed by atoms with E-state index < -0.39 is 0 Å². The van der Waals surface area contributed by atoms with Gasteiger partial charge in [-0.05, 0) is 55.0 Å². The predicted octanol–water partition coefficient (Wildman–Crippen LogP) is 4.63. The summed E-state index contributed by atoms with van der Waals surface area (Å²) in [7, 11) is 0. The number of amides is 1. The maximum Gasteiger partial charge on any atom is 0.255 e. The van der Waals surface area contributed by atoms with E-state index in [0.29, 0.717) is 21.8 Å². The Morgan fingerprint density at radius 3 is 2.58 bits per heavy atom. The van der Waals surface area contributed by atoms with Gasteiger partial charge >= 0.3 is 0 Å². The van der Waals surface area contributed by atoms with E-state index in [1.54, 1.807) is 24.3 Å². The molecule has 1 N–H and O–H groups in total. The number of aryl methyl sites for hydroxylation is 1. The molecule has 4 aromatic rings. The lowest BCUT2D eigenvalue weighted by atomic mass is 10.1. The normalized spacial score (nSPS) is 10.8. The highest BCUT2D eigenvalue weighted by molar-refractivity contribution is 6.30. The number of nitrogens with zero attached hydrogens (tertiary/aromatic N) is 3. The van der Waals surface area contributed by atoms with Gasteiger partial charge in [-0.25, -0.2) is 0 Å². The number of anilines is 1. The van der Waals surface area contributed by atoms with Crippen molar-refractivity contribution in [3.05, 3.63) is 82.9 Å². The Balaban J connectivity index is 1.64. The summed E-state index contributed by atoms with van der Waals surface area (Å²) in [5.41, 5.74) is 4.45. The number of rotatable bonds is 3. The molecule has 0 aliphatic heterocycles. The third-order valence-corrected chi connectivity index (χ3v) is 4.30. The van der Waals surface area contributed by atoms with E-state index in [1.165, 1.54) is 4.80 Å². The van der Waals surface area contributed by atoms with Crippen molar-refractivity contribution in [1.82, 2.24) is 15.0 Å². The average molecular weight is 363 g/mol. The van der Waals surface area contributed by atoms with E-state index in [0.717, 1.165) is 16.8 Å². The number of aromatic nitrogens is 3. The van der Waals surface area contributed by atoms with Crippen molar-refractivity contribution in [2.45, 2.75) is 6.92 Å². The van der Waals surface area contributed by atoms with Crippen LogP contribution in [0.5, 0.6) is 0 Å². The van der Waals surface area contributed by atoms with Crippen molar-refractivity contribution in [2.24, 2.45) is 0 Å². The molecule has 0 spiro atoms. The van der Waals surface area contributed by atoms with Gasteiger partial charge in [0.15, 0.2) is 0 Å². The first-order valence-corrected chi connectivity index (χ1v) is 8.48. The van der Waals surface area contributed by atoms with Gasteiger partial charge in [0.25, 0.3) is 5.91 Å². The summed E-state index contributed by atoms with van der Waals surface area (Å²) in [6, 6.07) is 20.2. The number of carbonyl (C=O) groups is 1. The number of fused-ring (bicyclic) bond motifs is 1. The number of hydrogen-bond donors (Lipinski definition) is 1. The van der Waals surface area contributed by atoms with Crippen molar-refractivity contribution in [3.8, 4) is 5.69 Å². The average Bonchev–Trinajstić information content (AvgIpc) is 3.05. The molecule has 0 atom stereocenters. The molecule has 6 heteroatoms. The molecule has 3 aromatic carbocycles. The summed E-state index contributed by atoms with van der Waals surface area (Å²) < 4.78 is 0. The molecule has 0 aliphatic rings. The molecule has 0 saturated heterocycles. The SMILES string of the molecule is Cc1ccccc1C(=O)Nc1ccc2nn(-c3cccc(Cl)c3)nc2c1. The quantitative estimate of drug-likeness (QED) is 0.577. The van der Waals surface area contributed by atoms with Crippen molar-refractivity contribution >= 4 is 34.2 Å². The summed E-state index contributed by atoms with van der Waals surface area (Å²) in [5.74, 6) is -0.148. The second kappa shape index (κ2) is 6.61. The lowest BCUT2D eigenvalue weighted by Crippen LogP contribution is -2.13. The minimum atomic E-state index is -0.148. The highest BCUT2D eigenvalue weighted by Gasteiger charge is 2.10. The van der Waals surface area contributed by atoms with Gasteiger partial charge in [-0.15, -0.1) is 10.2 Å². The van der Waals surface area contributed by atoms with E-state index in [4.69, 9.17) is 11.6 Å². The van der Waals surface area contributed by atoms with Gasteiger partial charge in [-0.1, -0.05) is 35.9 Å². The van der Waals surface area contributed by atoms with Gasteiger partial charge in [-0.3, -0.25) is 4.79 Å². The number of nitrogens with one attached hydrogen (secondary N) is 1. The van der Waals surface area contributed by atoms with E-state index in [9.17, 15) is 4.79 Å². The van der Waals surface area contributed by atoms with Crippen molar-refractivity contribution in [2.75, 3.05) is 5.32 Å². The van der Waals surface area contributed by atoms with Crippen LogP contribution in [0.2, 0.25) is 5.02 Å². The van der Waals surface area contributed by atoms with Crippen LogP contribution in [0.3, 0.4) is 0 Å². The largest absolute Gasteiger partial charge is 0.322 e. The van der Waals surface area contributed by atoms with Crippen molar-refractivity contribution < 1.29 is 4.79 Å². The van der Waals surface area contributed by atoms with E-state index in [2.05, 4.69) is 15.5 Å². The zero-order valence-corrected chi connectivity index (χ0v) is 14.7. The molecule has 0 radical (unpaired) electrons. The maximum atomic E-state index is 12.5. The molecule has 5 nitrogen and oxygen atoms in total. The van der Waals surface area contributed by atoms with Crippen LogP contribution in [-0.2, 0) is 0 Å². The Kier molecular flexibility index (Phi) is 4.14. The Morgan fingerprint density at radius 2 is 1.77 bits per heavy atom. The number of carbonyl (C=O) groups excluding carboxylic acids is 1. The van der Waals surface area contributed by atoms with Gasteiger partial charge in [0.1, 0.15) is 11.0 Å². The zero-order chi connectivity index (χ0) is 18.1. The second-order valence-electron chi connectivity index (χ2n) is 5.94.